The van der Waals surface area contributed by atoms with Crippen molar-refractivity contribution in [2.45, 2.75) is 0 Å². The highest BCUT2D eigenvalue weighted by Crippen LogP contribution is 2.27. The number of hydrogen-bond donors (Lipinski definition) is 1. The molecular weight excluding hydrogens is 427 g/mol. The normalized spacial score (nSPS) is 10.7. The Bertz CT molecular complexity index is 1300. The molecule has 30 heavy (non-hydrogen) atoms. The molecule has 6 nitrogen and oxygen atoms in total. The van der Waals surface area contributed by atoms with Crippen LogP contribution in [0.1, 0.15) is 0 Å². The van der Waals surface area contributed by atoms with Crippen molar-refractivity contribution in [2.24, 2.45) is 0 Å². The summed E-state index contributed by atoms with van der Waals surface area (Å²) in [6.07, 6.45) is 0. The molecule has 4 rings (SSSR count). The number of para-hydroxylation sites is 1. The Morgan fingerprint density at radius 3 is 2.70 bits per heavy atom. The first kappa shape index (κ1) is 19.9. The first-order valence-electron chi connectivity index (χ1n) is 8.87. The second kappa shape index (κ2) is 8.57. The molecular formula is C22H14Cl2N2O4. The van der Waals surface area contributed by atoms with Gasteiger partial charge in [-0.25, -0.2) is 9.78 Å². The average molecular weight is 441 g/mol. The average Bonchev–Trinajstić information content (AvgIpc) is 2.73. The minimum atomic E-state index is -0.474. The van der Waals surface area contributed by atoms with Crippen molar-refractivity contribution in [3.8, 4) is 17.2 Å². The van der Waals surface area contributed by atoms with E-state index < -0.39 is 5.63 Å². The van der Waals surface area contributed by atoms with Gasteiger partial charge in [0, 0.05) is 16.3 Å². The van der Waals surface area contributed by atoms with Crippen molar-refractivity contribution >= 4 is 45.7 Å². The number of halogens is 2. The third-order valence-electron chi connectivity index (χ3n) is 4.18. The fraction of sp³-hybridized carbons (Fsp3) is 0.0455. The van der Waals surface area contributed by atoms with Crippen molar-refractivity contribution in [1.82, 2.24) is 4.98 Å². The Morgan fingerprint density at radius 2 is 1.87 bits per heavy atom. The molecule has 0 saturated heterocycles. The topological polar surface area (TPSA) is 81.4 Å². The molecule has 0 spiro atoms. The zero-order valence-electron chi connectivity index (χ0n) is 15.4. The van der Waals surface area contributed by atoms with E-state index in [0.717, 1.165) is 0 Å². The lowest BCUT2D eigenvalue weighted by Gasteiger charge is -2.10. The summed E-state index contributed by atoms with van der Waals surface area (Å²) in [4.78, 5) is 28.8. The number of ether oxygens (including phenoxy) is 1. The number of carbonyl (C=O) groups is 1. The van der Waals surface area contributed by atoms with Crippen LogP contribution in [0.3, 0.4) is 0 Å². The number of carbonyl (C=O) groups excluding carboxylic acids is 1. The van der Waals surface area contributed by atoms with Gasteiger partial charge in [-0.05, 0) is 48.5 Å². The zero-order valence-corrected chi connectivity index (χ0v) is 16.9. The van der Waals surface area contributed by atoms with Crippen LogP contribution in [0.25, 0.3) is 22.4 Å². The minimum Gasteiger partial charge on any atom is -0.482 e. The smallest absolute Gasteiger partial charge is 0.347 e. The van der Waals surface area contributed by atoms with E-state index in [-0.39, 0.29) is 18.4 Å². The van der Waals surface area contributed by atoms with Crippen molar-refractivity contribution in [3.63, 3.8) is 0 Å². The van der Waals surface area contributed by atoms with Gasteiger partial charge in [0.2, 0.25) is 5.89 Å². The summed E-state index contributed by atoms with van der Waals surface area (Å²) in [7, 11) is 0. The van der Waals surface area contributed by atoms with Gasteiger partial charge in [0.25, 0.3) is 5.91 Å². The maximum atomic E-state index is 12.2. The van der Waals surface area contributed by atoms with Gasteiger partial charge in [-0.3, -0.25) is 4.79 Å². The van der Waals surface area contributed by atoms with Gasteiger partial charge >= 0.3 is 5.63 Å². The lowest BCUT2D eigenvalue weighted by atomic mass is 10.2. The molecule has 0 saturated carbocycles. The molecule has 1 aromatic heterocycles. The molecule has 0 aliphatic heterocycles. The van der Waals surface area contributed by atoms with Crippen LogP contribution in [0.15, 0.2) is 75.9 Å². The largest absolute Gasteiger partial charge is 0.482 e. The molecule has 1 amide bonds. The van der Waals surface area contributed by atoms with E-state index in [4.69, 9.17) is 32.4 Å². The van der Waals surface area contributed by atoms with Crippen molar-refractivity contribution < 1.29 is 13.9 Å². The van der Waals surface area contributed by atoms with Crippen LogP contribution in [0, 0.1) is 0 Å². The van der Waals surface area contributed by atoms with E-state index >= 15 is 0 Å². The van der Waals surface area contributed by atoms with E-state index in [1.807, 2.05) is 0 Å². The van der Waals surface area contributed by atoms with Crippen LogP contribution < -0.4 is 15.7 Å². The molecule has 0 aliphatic rings. The Labute approximate surface area is 181 Å². The van der Waals surface area contributed by atoms with E-state index in [9.17, 15) is 9.59 Å². The van der Waals surface area contributed by atoms with Crippen molar-refractivity contribution in [2.75, 3.05) is 11.9 Å². The molecule has 150 valence electrons. The standard InChI is InChI=1S/C22H14Cl2N2O4/c23-14-8-9-19(17(24)11-14)29-12-20(27)25-15-5-3-4-13(10-15)21-26-18-7-2-1-6-16(18)22(28)30-21/h1-11H,12H2,(H,25,27). The third-order valence-corrected chi connectivity index (χ3v) is 4.71. The first-order chi connectivity index (χ1) is 14.5. The summed E-state index contributed by atoms with van der Waals surface area (Å²) in [5, 5.41) is 3.92. The fourth-order valence-corrected chi connectivity index (χ4v) is 3.27. The number of nitrogens with zero attached hydrogens (tertiary/aromatic N) is 1. The number of nitrogens with one attached hydrogen (secondary N) is 1. The highest BCUT2D eigenvalue weighted by molar-refractivity contribution is 6.35. The number of benzene rings is 3. The maximum Gasteiger partial charge on any atom is 0.347 e. The summed E-state index contributed by atoms with van der Waals surface area (Å²) in [6, 6.07) is 18.5. The van der Waals surface area contributed by atoms with Gasteiger partial charge in [0.15, 0.2) is 6.61 Å². The van der Waals surface area contributed by atoms with E-state index in [0.29, 0.717) is 37.9 Å². The summed E-state index contributed by atoms with van der Waals surface area (Å²) in [6.45, 7) is -0.241. The van der Waals surface area contributed by atoms with Crippen LogP contribution in [-0.4, -0.2) is 17.5 Å². The van der Waals surface area contributed by atoms with E-state index in [1.165, 1.54) is 6.07 Å². The van der Waals surface area contributed by atoms with Crippen LogP contribution in [0.5, 0.6) is 5.75 Å². The molecule has 0 atom stereocenters. The molecule has 1 N–H and O–H groups in total. The van der Waals surface area contributed by atoms with Crippen molar-refractivity contribution in [3.05, 3.63) is 87.2 Å². The van der Waals surface area contributed by atoms with Crippen molar-refractivity contribution in [1.29, 1.82) is 0 Å². The molecule has 0 fully saturated rings. The number of rotatable bonds is 5. The molecule has 4 aromatic rings. The highest BCUT2D eigenvalue weighted by Gasteiger charge is 2.11. The highest BCUT2D eigenvalue weighted by atomic mass is 35.5. The fourth-order valence-electron chi connectivity index (χ4n) is 2.80. The molecule has 0 aliphatic carbocycles. The van der Waals surface area contributed by atoms with Crippen LogP contribution >= 0.6 is 23.2 Å². The number of fused-ring (bicyclic) bond motifs is 1. The molecule has 0 radical (unpaired) electrons. The Hall–Kier alpha value is -3.35. The summed E-state index contributed by atoms with van der Waals surface area (Å²) >= 11 is 11.9. The van der Waals surface area contributed by atoms with Crippen LogP contribution in [0.4, 0.5) is 5.69 Å². The lowest BCUT2D eigenvalue weighted by Crippen LogP contribution is -2.20. The monoisotopic (exact) mass is 440 g/mol. The van der Waals surface area contributed by atoms with E-state index in [1.54, 1.807) is 60.7 Å². The Kier molecular flexibility index (Phi) is 5.70. The van der Waals surface area contributed by atoms with Gasteiger partial charge in [0.05, 0.1) is 15.9 Å². The second-order valence-corrected chi connectivity index (χ2v) is 7.16. The summed E-state index contributed by atoms with van der Waals surface area (Å²) in [5.41, 5.74) is 1.11. The summed E-state index contributed by atoms with van der Waals surface area (Å²) < 4.78 is 10.8. The molecule has 1 heterocycles. The van der Waals surface area contributed by atoms with Gasteiger partial charge in [-0.2, -0.15) is 0 Å². The number of aromatic nitrogens is 1. The quantitative estimate of drug-likeness (QED) is 0.462. The van der Waals surface area contributed by atoms with Gasteiger partial charge in [0.1, 0.15) is 5.75 Å². The summed E-state index contributed by atoms with van der Waals surface area (Å²) in [5.74, 6) is 0.136. The Balaban J connectivity index is 1.49. The second-order valence-electron chi connectivity index (χ2n) is 6.32. The first-order valence-corrected chi connectivity index (χ1v) is 9.63. The van der Waals surface area contributed by atoms with E-state index in [2.05, 4.69) is 10.3 Å². The SMILES string of the molecule is O=C(COc1ccc(Cl)cc1Cl)Nc1cccc(-c2nc3ccccc3c(=O)o2)c1. The molecule has 0 unspecified atom stereocenters. The maximum absolute atomic E-state index is 12.2. The number of anilines is 1. The third kappa shape index (κ3) is 4.45. The number of amides is 1. The minimum absolute atomic E-state index is 0.166. The molecule has 0 bridgehead atoms. The van der Waals surface area contributed by atoms with Crippen LogP contribution in [-0.2, 0) is 4.79 Å². The van der Waals surface area contributed by atoms with Crippen LogP contribution in [0.2, 0.25) is 10.0 Å². The lowest BCUT2D eigenvalue weighted by molar-refractivity contribution is -0.118. The predicted octanol–water partition coefficient (Wildman–Crippen LogP) is 5.18. The molecule has 3 aromatic carbocycles. The zero-order chi connectivity index (χ0) is 21.1. The predicted molar refractivity (Wildman–Crippen MR) is 116 cm³/mol. The Morgan fingerprint density at radius 1 is 1.03 bits per heavy atom. The molecule has 8 heteroatoms. The van der Waals surface area contributed by atoms with Gasteiger partial charge in [-0.15, -0.1) is 0 Å². The number of hydrogen-bond acceptors (Lipinski definition) is 5. The van der Waals surface area contributed by atoms with Gasteiger partial charge in [-0.1, -0.05) is 41.4 Å². The van der Waals surface area contributed by atoms with Gasteiger partial charge < -0.3 is 14.5 Å².